The number of ether oxygens (including phenoxy) is 2. The molecule has 0 unspecified atom stereocenters. The summed E-state index contributed by atoms with van der Waals surface area (Å²) in [6, 6.07) is 3.90. The van der Waals surface area contributed by atoms with Gasteiger partial charge in [-0.1, -0.05) is 11.6 Å². The van der Waals surface area contributed by atoms with Gasteiger partial charge in [0.2, 0.25) is 0 Å². The molecule has 0 spiro atoms. The van der Waals surface area contributed by atoms with Gasteiger partial charge in [-0.2, -0.15) is 0 Å². The number of rotatable bonds is 5. The van der Waals surface area contributed by atoms with Gasteiger partial charge < -0.3 is 19.7 Å². The van der Waals surface area contributed by atoms with Gasteiger partial charge in [-0.05, 0) is 19.2 Å². The van der Waals surface area contributed by atoms with Gasteiger partial charge in [0.1, 0.15) is 11.6 Å². The van der Waals surface area contributed by atoms with Gasteiger partial charge in [0.15, 0.2) is 6.61 Å². The molecular formula is C14H18ClFN2O3. The van der Waals surface area contributed by atoms with Gasteiger partial charge in [-0.25, -0.2) is 4.39 Å². The summed E-state index contributed by atoms with van der Waals surface area (Å²) in [7, 11) is 3.59. The Balaban J connectivity index is 1.83. The summed E-state index contributed by atoms with van der Waals surface area (Å²) in [5.41, 5.74) is 0. The number of halogens is 2. The molecule has 1 aliphatic rings. The van der Waals surface area contributed by atoms with Gasteiger partial charge in [-0.3, -0.25) is 4.79 Å². The van der Waals surface area contributed by atoms with E-state index in [1.807, 2.05) is 7.05 Å². The van der Waals surface area contributed by atoms with E-state index in [-0.39, 0.29) is 29.7 Å². The van der Waals surface area contributed by atoms with Crippen molar-refractivity contribution in [2.45, 2.75) is 12.1 Å². The first-order valence-corrected chi connectivity index (χ1v) is 6.96. The Morgan fingerprint density at radius 2 is 2.29 bits per heavy atom. The van der Waals surface area contributed by atoms with E-state index < -0.39 is 5.82 Å². The number of nitrogens with one attached hydrogen (secondary N) is 1. The first kappa shape index (κ1) is 16.0. The van der Waals surface area contributed by atoms with E-state index in [1.54, 1.807) is 7.11 Å². The summed E-state index contributed by atoms with van der Waals surface area (Å²) in [5, 5.41) is 2.83. The lowest BCUT2D eigenvalue weighted by molar-refractivity contribution is -0.124. The molecular weight excluding hydrogens is 299 g/mol. The van der Waals surface area contributed by atoms with Crippen LogP contribution in [0.5, 0.6) is 5.75 Å². The quantitative estimate of drug-likeness (QED) is 0.890. The first-order valence-electron chi connectivity index (χ1n) is 6.58. The molecule has 1 saturated heterocycles. The molecule has 2 rings (SSSR count). The van der Waals surface area contributed by atoms with Crippen molar-refractivity contribution in [3.8, 4) is 5.75 Å². The van der Waals surface area contributed by atoms with Crippen LogP contribution < -0.4 is 10.1 Å². The topological polar surface area (TPSA) is 50.8 Å². The molecule has 1 aliphatic heterocycles. The van der Waals surface area contributed by atoms with E-state index >= 15 is 0 Å². The molecule has 1 amide bonds. The lowest BCUT2D eigenvalue weighted by Gasteiger charge is -2.18. The number of methoxy groups -OCH3 is 1. The van der Waals surface area contributed by atoms with Crippen LogP contribution in [0.15, 0.2) is 18.2 Å². The third-order valence-corrected chi connectivity index (χ3v) is 3.65. The van der Waals surface area contributed by atoms with Crippen molar-refractivity contribution in [3.63, 3.8) is 0 Å². The molecule has 1 aromatic rings. The predicted molar refractivity (Wildman–Crippen MR) is 77.1 cm³/mol. The van der Waals surface area contributed by atoms with Crippen LogP contribution in [-0.2, 0) is 9.53 Å². The summed E-state index contributed by atoms with van der Waals surface area (Å²) in [4.78, 5) is 14.0. The van der Waals surface area contributed by atoms with Crippen molar-refractivity contribution in [3.05, 3.63) is 29.0 Å². The Morgan fingerprint density at radius 1 is 1.52 bits per heavy atom. The maximum Gasteiger partial charge on any atom is 0.258 e. The third-order valence-electron chi connectivity index (χ3n) is 3.36. The maximum absolute atomic E-state index is 13.0. The Morgan fingerprint density at radius 3 is 2.95 bits per heavy atom. The SMILES string of the molecule is CO[C@H]1CN(C)C[C@@H]1NC(=O)COc1ccc(F)c(Cl)c1. The molecule has 2 atom stereocenters. The summed E-state index contributed by atoms with van der Waals surface area (Å²) in [6.07, 6.45) is -0.0285. The lowest BCUT2D eigenvalue weighted by Crippen LogP contribution is -2.45. The predicted octanol–water partition coefficient (Wildman–Crippen LogP) is 1.30. The second-order valence-electron chi connectivity index (χ2n) is 5.03. The number of amides is 1. The number of hydrogen-bond donors (Lipinski definition) is 1. The van der Waals surface area contributed by atoms with Gasteiger partial charge in [0, 0.05) is 26.3 Å². The zero-order chi connectivity index (χ0) is 15.4. The molecule has 21 heavy (non-hydrogen) atoms. The Kier molecular flexibility index (Phi) is 5.39. The van der Waals surface area contributed by atoms with Gasteiger partial charge in [0.25, 0.3) is 5.91 Å². The molecule has 116 valence electrons. The summed E-state index contributed by atoms with van der Waals surface area (Å²) in [5.74, 6) is -0.424. The van der Waals surface area contributed by atoms with Gasteiger partial charge >= 0.3 is 0 Å². The van der Waals surface area contributed by atoms with Gasteiger partial charge in [0.05, 0.1) is 17.2 Å². The number of hydrogen-bond acceptors (Lipinski definition) is 4. The number of nitrogens with zero attached hydrogens (tertiary/aromatic N) is 1. The minimum absolute atomic E-state index is 0.0285. The van der Waals surface area contributed by atoms with Crippen LogP contribution in [0, 0.1) is 5.82 Å². The van der Waals surface area contributed by atoms with Crippen molar-refractivity contribution in [1.82, 2.24) is 10.2 Å². The molecule has 7 heteroatoms. The third kappa shape index (κ3) is 4.30. The fraction of sp³-hybridized carbons (Fsp3) is 0.500. The van der Waals surface area contributed by atoms with Crippen LogP contribution in [0.4, 0.5) is 4.39 Å². The monoisotopic (exact) mass is 316 g/mol. The van der Waals surface area contributed by atoms with E-state index in [1.165, 1.54) is 18.2 Å². The Hall–Kier alpha value is -1.37. The molecule has 0 aromatic heterocycles. The minimum Gasteiger partial charge on any atom is -0.484 e. The normalized spacial score (nSPS) is 22.3. The average molecular weight is 317 g/mol. The van der Waals surface area contributed by atoms with Crippen LogP contribution in [0.25, 0.3) is 0 Å². The molecule has 0 radical (unpaired) electrons. The Labute approximate surface area is 128 Å². The van der Waals surface area contributed by atoms with Crippen LogP contribution in [0.2, 0.25) is 5.02 Å². The van der Waals surface area contributed by atoms with E-state index in [4.69, 9.17) is 21.1 Å². The molecule has 1 heterocycles. The van der Waals surface area contributed by atoms with Gasteiger partial charge in [-0.15, -0.1) is 0 Å². The highest BCUT2D eigenvalue weighted by Gasteiger charge is 2.31. The van der Waals surface area contributed by atoms with Crippen LogP contribution in [0.1, 0.15) is 0 Å². The van der Waals surface area contributed by atoms with Crippen molar-refractivity contribution < 1.29 is 18.7 Å². The lowest BCUT2D eigenvalue weighted by atomic mass is 10.2. The molecule has 0 aliphatic carbocycles. The highest BCUT2D eigenvalue weighted by atomic mass is 35.5. The Bertz CT molecular complexity index is 515. The standard InChI is InChI=1S/C14H18ClFN2O3/c1-18-6-12(13(7-18)20-2)17-14(19)8-21-9-3-4-11(16)10(15)5-9/h3-5,12-13H,6-8H2,1-2H3,(H,17,19)/t12-,13-/m0/s1. The van der Waals surface area contributed by atoms with E-state index in [0.29, 0.717) is 5.75 Å². The summed E-state index contributed by atoms with van der Waals surface area (Å²) >= 11 is 5.64. The fourth-order valence-electron chi connectivity index (χ4n) is 2.30. The zero-order valence-corrected chi connectivity index (χ0v) is 12.7. The van der Waals surface area contributed by atoms with E-state index in [9.17, 15) is 9.18 Å². The molecule has 1 N–H and O–H groups in total. The number of carbonyl (C=O) groups excluding carboxylic acids is 1. The second-order valence-corrected chi connectivity index (χ2v) is 5.44. The molecule has 1 aromatic carbocycles. The largest absolute Gasteiger partial charge is 0.484 e. The maximum atomic E-state index is 13.0. The molecule has 0 bridgehead atoms. The van der Waals surface area contributed by atoms with Crippen LogP contribution >= 0.6 is 11.6 Å². The number of likely N-dealkylation sites (tertiary alicyclic amines) is 1. The van der Waals surface area contributed by atoms with Crippen molar-refractivity contribution in [2.24, 2.45) is 0 Å². The van der Waals surface area contributed by atoms with Crippen molar-refractivity contribution in [2.75, 3.05) is 33.9 Å². The smallest absolute Gasteiger partial charge is 0.258 e. The zero-order valence-electron chi connectivity index (χ0n) is 11.9. The fourth-order valence-corrected chi connectivity index (χ4v) is 2.47. The van der Waals surface area contributed by atoms with Crippen molar-refractivity contribution >= 4 is 17.5 Å². The molecule has 0 saturated carbocycles. The second kappa shape index (κ2) is 7.06. The van der Waals surface area contributed by atoms with Crippen LogP contribution in [0.3, 0.4) is 0 Å². The van der Waals surface area contributed by atoms with Crippen LogP contribution in [-0.4, -0.2) is 56.8 Å². The highest BCUT2D eigenvalue weighted by Crippen LogP contribution is 2.21. The van der Waals surface area contributed by atoms with E-state index in [2.05, 4.69) is 10.2 Å². The average Bonchev–Trinajstić information content (AvgIpc) is 2.80. The summed E-state index contributed by atoms with van der Waals surface area (Å²) in [6.45, 7) is 1.35. The molecule has 5 nitrogen and oxygen atoms in total. The van der Waals surface area contributed by atoms with Crippen molar-refractivity contribution in [1.29, 1.82) is 0 Å². The highest BCUT2D eigenvalue weighted by molar-refractivity contribution is 6.30. The number of likely N-dealkylation sites (N-methyl/N-ethyl adjacent to an activating group) is 1. The number of carbonyl (C=O) groups is 1. The van der Waals surface area contributed by atoms with E-state index in [0.717, 1.165) is 13.1 Å². The summed E-state index contributed by atoms with van der Waals surface area (Å²) < 4.78 is 23.6. The molecule has 1 fully saturated rings. The number of benzene rings is 1. The minimum atomic E-state index is -0.523. The first-order chi connectivity index (χ1) is 9.99.